The van der Waals surface area contributed by atoms with E-state index in [1.54, 1.807) is 13.0 Å². The summed E-state index contributed by atoms with van der Waals surface area (Å²) in [5, 5.41) is 12.0. The molecule has 0 saturated heterocycles. The molecule has 0 radical (unpaired) electrons. The number of nitrogens with zero attached hydrogens (tertiary/aromatic N) is 1. The maximum Gasteiger partial charge on any atom is 0.344 e. The van der Waals surface area contributed by atoms with Crippen molar-refractivity contribution in [2.24, 2.45) is 0 Å². The highest BCUT2D eigenvalue weighted by Gasteiger charge is 2.23. The zero-order valence-electron chi connectivity index (χ0n) is 13.7. The Hall–Kier alpha value is -2.37. The number of aliphatic hydroxyl groups is 1. The van der Waals surface area contributed by atoms with Gasteiger partial charge in [-0.2, -0.15) is 0 Å². The molecule has 0 fully saturated rings. The van der Waals surface area contributed by atoms with E-state index in [1.807, 2.05) is 31.2 Å². The normalized spacial score (nSPS) is 16.1. The summed E-state index contributed by atoms with van der Waals surface area (Å²) >= 11 is 0. The summed E-state index contributed by atoms with van der Waals surface area (Å²) in [6.45, 7) is 5.36. The Morgan fingerprint density at radius 2 is 2.00 bits per heavy atom. The minimum absolute atomic E-state index is 0.326. The number of ether oxygens (including phenoxy) is 1. The van der Waals surface area contributed by atoms with E-state index in [0.717, 1.165) is 27.6 Å². The van der Waals surface area contributed by atoms with Crippen molar-refractivity contribution in [1.29, 1.82) is 0 Å². The van der Waals surface area contributed by atoms with Crippen molar-refractivity contribution in [1.82, 2.24) is 4.90 Å². The Bertz CT molecular complexity index is 990. The van der Waals surface area contributed by atoms with E-state index in [9.17, 15) is 9.90 Å². The number of rotatable bonds is 2. The molecular formula is C19H19NO4. The predicted molar refractivity (Wildman–Crippen MR) is 92.3 cm³/mol. The molecule has 1 aromatic heterocycles. The molecule has 5 nitrogen and oxygen atoms in total. The van der Waals surface area contributed by atoms with Crippen LogP contribution in [0.25, 0.3) is 21.7 Å². The van der Waals surface area contributed by atoms with Crippen LogP contribution in [-0.2, 0) is 6.54 Å². The molecule has 2 aromatic carbocycles. The molecule has 0 amide bonds. The first-order chi connectivity index (χ1) is 11.5. The van der Waals surface area contributed by atoms with Crippen LogP contribution in [-0.4, -0.2) is 29.4 Å². The van der Waals surface area contributed by atoms with Crippen molar-refractivity contribution < 1.29 is 14.3 Å². The first-order valence-electron chi connectivity index (χ1n) is 8.06. The molecule has 1 N–H and O–H groups in total. The minimum Gasteiger partial charge on any atom is -0.477 e. The van der Waals surface area contributed by atoms with Gasteiger partial charge in [0.15, 0.2) is 0 Å². The third-order valence-electron chi connectivity index (χ3n) is 4.48. The van der Waals surface area contributed by atoms with Crippen molar-refractivity contribution in [3.05, 3.63) is 51.9 Å². The Labute approximate surface area is 139 Å². The lowest BCUT2D eigenvalue weighted by molar-refractivity contribution is 0.0498. The van der Waals surface area contributed by atoms with Gasteiger partial charge < -0.3 is 14.3 Å². The molecule has 0 saturated carbocycles. The largest absolute Gasteiger partial charge is 0.477 e. The lowest BCUT2D eigenvalue weighted by Gasteiger charge is -2.31. The van der Waals surface area contributed by atoms with Crippen molar-refractivity contribution in [2.75, 3.05) is 13.3 Å². The van der Waals surface area contributed by atoms with E-state index in [4.69, 9.17) is 9.15 Å². The molecule has 1 aliphatic heterocycles. The highest BCUT2D eigenvalue weighted by atomic mass is 16.5. The number of hydrogen-bond acceptors (Lipinski definition) is 5. The Morgan fingerprint density at radius 3 is 2.75 bits per heavy atom. The van der Waals surface area contributed by atoms with Gasteiger partial charge in [-0.3, -0.25) is 4.90 Å². The average molecular weight is 325 g/mol. The van der Waals surface area contributed by atoms with Crippen LogP contribution in [0.15, 0.2) is 39.5 Å². The summed E-state index contributed by atoms with van der Waals surface area (Å²) < 4.78 is 11.5. The molecule has 5 heteroatoms. The van der Waals surface area contributed by atoms with Gasteiger partial charge in [0.2, 0.25) is 0 Å². The number of β-amino-alcohol motifs (C(OH)–C–C–N with tert-alkyl or cyclic N) is 1. The second kappa shape index (κ2) is 5.61. The third kappa shape index (κ3) is 2.37. The molecule has 0 bridgehead atoms. The van der Waals surface area contributed by atoms with Crippen LogP contribution in [0.4, 0.5) is 0 Å². The standard InChI is InChI=1S/C19H19NO4/c1-11(21)8-20-9-13-7-16-14-5-3-4-6-15(14)19(22)24-18(16)12(2)17(13)23-10-20/h3-7,11,21H,8-10H2,1-2H3/t11-/m0/s1. The van der Waals surface area contributed by atoms with Crippen molar-refractivity contribution in [3.63, 3.8) is 0 Å². The smallest absolute Gasteiger partial charge is 0.344 e. The molecule has 24 heavy (non-hydrogen) atoms. The predicted octanol–water partition coefficient (Wildman–Crippen LogP) is 2.79. The fourth-order valence-corrected chi connectivity index (χ4v) is 3.48. The molecular weight excluding hydrogens is 306 g/mol. The van der Waals surface area contributed by atoms with Crippen LogP contribution in [0.1, 0.15) is 18.1 Å². The fourth-order valence-electron chi connectivity index (χ4n) is 3.48. The summed E-state index contributed by atoms with van der Waals surface area (Å²) in [6, 6.07) is 9.52. The van der Waals surface area contributed by atoms with E-state index in [0.29, 0.717) is 30.8 Å². The minimum atomic E-state index is -0.407. The van der Waals surface area contributed by atoms with E-state index in [-0.39, 0.29) is 5.63 Å². The number of fused-ring (bicyclic) bond motifs is 4. The molecule has 0 aliphatic carbocycles. The molecule has 1 aliphatic rings. The van der Waals surface area contributed by atoms with E-state index in [2.05, 4.69) is 4.90 Å². The van der Waals surface area contributed by atoms with Crippen LogP contribution >= 0.6 is 0 Å². The van der Waals surface area contributed by atoms with Crippen LogP contribution in [0, 0.1) is 6.92 Å². The van der Waals surface area contributed by atoms with Crippen molar-refractivity contribution in [2.45, 2.75) is 26.5 Å². The monoisotopic (exact) mass is 325 g/mol. The van der Waals surface area contributed by atoms with Gasteiger partial charge >= 0.3 is 5.63 Å². The zero-order valence-corrected chi connectivity index (χ0v) is 13.7. The van der Waals surface area contributed by atoms with Gasteiger partial charge in [0.25, 0.3) is 0 Å². The van der Waals surface area contributed by atoms with Crippen LogP contribution in [0.3, 0.4) is 0 Å². The first kappa shape index (κ1) is 15.2. The number of aryl methyl sites for hydroxylation is 1. The summed E-state index contributed by atoms with van der Waals surface area (Å²) in [7, 11) is 0. The Kier molecular flexibility index (Phi) is 3.55. The van der Waals surface area contributed by atoms with Gasteiger partial charge in [0, 0.05) is 29.6 Å². The second-order valence-corrected chi connectivity index (χ2v) is 6.44. The second-order valence-electron chi connectivity index (χ2n) is 6.44. The molecule has 0 unspecified atom stereocenters. The van der Waals surface area contributed by atoms with Gasteiger partial charge in [0.1, 0.15) is 18.1 Å². The SMILES string of the molecule is Cc1c2c(cc3c1oc(=O)c1ccccc13)CN(C[C@H](C)O)CO2. The maximum absolute atomic E-state index is 12.2. The molecule has 3 aromatic rings. The van der Waals surface area contributed by atoms with Crippen LogP contribution in [0.5, 0.6) is 5.75 Å². The molecule has 2 heterocycles. The van der Waals surface area contributed by atoms with Gasteiger partial charge in [-0.05, 0) is 31.4 Å². The summed E-state index contributed by atoms with van der Waals surface area (Å²) in [5.74, 6) is 0.780. The summed E-state index contributed by atoms with van der Waals surface area (Å²) in [6.07, 6.45) is -0.407. The lowest BCUT2D eigenvalue weighted by Crippen LogP contribution is -2.37. The van der Waals surface area contributed by atoms with Gasteiger partial charge in [-0.15, -0.1) is 0 Å². The van der Waals surface area contributed by atoms with Gasteiger partial charge in [-0.1, -0.05) is 18.2 Å². The maximum atomic E-state index is 12.2. The van der Waals surface area contributed by atoms with Gasteiger partial charge in [0.05, 0.1) is 11.5 Å². The summed E-state index contributed by atoms with van der Waals surface area (Å²) in [4.78, 5) is 14.3. The molecule has 0 spiro atoms. The van der Waals surface area contributed by atoms with E-state index in [1.165, 1.54) is 0 Å². The highest BCUT2D eigenvalue weighted by molar-refractivity contribution is 6.06. The number of hydrogen-bond donors (Lipinski definition) is 1. The van der Waals surface area contributed by atoms with Crippen molar-refractivity contribution >= 4 is 21.7 Å². The molecule has 4 rings (SSSR count). The number of aliphatic hydroxyl groups excluding tert-OH is 1. The van der Waals surface area contributed by atoms with Gasteiger partial charge in [-0.25, -0.2) is 4.79 Å². The molecule has 124 valence electrons. The summed E-state index contributed by atoms with van der Waals surface area (Å²) in [5.41, 5.74) is 2.15. The quantitative estimate of drug-likeness (QED) is 0.580. The topological polar surface area (TPSA) is 62.9 Å². The third-order valence-corrected chi connectivity index (χ3v) is 4.48. The zero-order chi connectivity index (χ0) is 16.8. The Balaban J connectivity index is 1.95. The molecule has 1 atom stereocenters. The van der Waals surface area contributed by atoms with Crippen LogP contribution in [0.2, 0.25) is 0 Å². The fraction of sp³-hybridized carbons (Fsp3) is 0.316. The lowest BCUT2D eigenvalue weighted by atomic mass is 10.00. The number of benzene rings is 2. The van der Waals surface area contributed by atoms with E-state index < -0.39 is 6.10 Å². The van der Waals surface area contributed by atoms with Crippen LogP contribution < -0.4 is 10.4 Å². The van der Waals surface area contributed by atoms with Crippen molar-refractivity contribution in [3.8, 4) is 5.75 Å². The first-order valence-corrected chi connectivity index (χ1v) is 8.06. The Morgan fingerprint density at radius 1 is 1.25 bits per heavy atom. The highest BCUT2D eigenvalue weighted by Crippen LogP contribution is 2.36. The van der Waals surface area contributed by atoms with E-state index >= 15 is 0 Å². The average Bonchev–Trinajstić information content (AvgIpc) is 2.56.